The molecule has 0 radical (unpaired) electrons. The van der Waals surface area contributed by atoms with Crippen LogP contribution >= 0.6 is 0 Å². The van der Waals surface area contributed by atoms with Gasteiger partial charge in [-0.1, -0.05) is 12.1 Å². The average molecular weight is 371 g/mol. The van der Waals surface area contributed by atoms with Crippen molar-refractivity contribution in [2.75, 3.05) is 19.7 Å². The van der Waals surface area contributed by atoms with Gasteiger partial charge in [-0.2, -0.15) is 13.2 Å². The van der Waals surface area contributed by atoms with Gasteiger partial charge in [0, 0.05) is 6.54 Å². The highest BCUT2D eigenvalue weighted by Gasteiger charge is 2.41. The van der Waals surface area contributed by atoms with Crippen molar-refractivity contribution in [1.82, 2.24) is 10.6 Å². The molecule has 3 rings (SSSR count). The highest BCUT2D eigenvalue weighted by Crippen LogP contribution is 2.36. The van der Waals surface area contributed by atoms with Crippen molar-refractivity contribution < 1.29 is 22.6 Å². The predicted molar refractivity (Wildman–Crippen MR) is 92.4 cm³/mol. The summed E-state index contributed by atoms with van der Waals surface area (Å²) >= 11 is 0. The third-order valence-electron chi connectivity index (χ3n) is 4.58. The van der Waals surface area contributed by atoms with E-state index >= 15 is 0 Å². The number of guanidine groups is 1. The van der Waals surface area contributed by atoms with Gasteiger partial charge in [0.05, 0.1) is 30.4 Å². The Balaban J connectivity index is 1.53. The molecule has 26 heavy (non-hydrogen) atoms. The fourth-order valence-electron chi connectivity index (χ4n) is 3.43. The Bertz CT molecular complexity index is 636. The van der Waals surface area contributed by atoms with Gasteiger partial charge in [-0.3, -0.25) is 0 Å². The van der Waals surface area contributed by atoms with Gasteiger partial charge < -0.3 is 20.1 Å². The number of para-hydroxylation sites is 1. The van der Waals surface area contributed by atoms with Crippen LogP contribution in [0.25, 0.3) is 0 Å². The zero-order chi connectivity index (χ0) is 18.6. The monoisotopic (exact) mass is 371 g/mol. The van der Waals surface area contributed by atoms with Gasteiger partial charge in [0.15, 0.2) is 5.96 Å². The minimum atomic E-state index is -4.43. The summed E-state index contributed by atoms with van der Waals surface area (Å²) in [5, 5.41) is 6.51. The SMILES string of the molecule is CCNC(=NCCOc1ccccc1C(F)(F)F)NC1CC2CCC1O2. The Labute approximate surface area is 151 Å². The molecule has 2 aliphatic heterocycles. The van der Waals surface area contributed by atoms with E-state index in [2.05, 4.69) is 15.6 Å². The van der Waals surface area contributed by atoms with Gasteiger partial charge in [-0.05, 0) is 38.3 Å². The number of rotatable bonds is 6. The van der Waals surface area contributed by atoms with E-state index in [4.69, 9.17) is 9.47 Å². The highest BCUT2D eigenvalue weighted by molar-refractivity contribution is 5.80. The van der Waals surface area contributed by atoms with Crippen LogP contribution in [0.15, 0.2) is 29.3 Å². The van der Waals surface area contributed by atoms with Gasteiger partial charge >= 0.3 is 6.18 Å². The standard InChI is InChI=1S/C18H24F3N3O2/c1-2-22-17(24-14-11-12-7-8-16(14)26-12)23-9-10-25-15-6-4-3-5-13(15)18(19,20)21/h3-6,12,14,16H,2,7-11H2,1H3,(H2,22,23,24). The molecule has 2 N–H and O–H groups in total. The molecule has 3 unspecified atom stereocenters. The van der Waals surface area contributed by atoms with Crippen molar-refractivity contribution in [3.8, 4) is 5.75 Å². The highest BCUT2D eigenvalue weighted by atomic mass is 19.4. The number of halogens is 3. The first-order chi connectivity index (χ1) is 12.5. The first-order valence-electron chi connectivity index (χ1n) is 8.96. The summed E-state index contributed by atoms with van der Waals surface area (Å²) in [5.41, 5.74) is -0.770. The summed E-state index contributed by atoms with van der Waals surface area (Å²) in [4.78, 5) is 4.40. The number of ether oxygens (including phenoxy) is 2. The molecule has 0 saturated carbocycles. The molecule has 2 saturated heterocycles. The molecule has 5 nitrogen and oxygen atoms in total. The Kier molecular flexibility index (Phi) is 5.90. The largest absolute Gasteiger partial charge is 0.491 e. The molecule has 2 bridgehead atoms. The predicted octanol–water partition coefficient (Wildman–Crippen LogP) is 2.96. The van der Waals surface area contributed by atoms with E-state index in [1.54, 1.807) is 0 Å². The maximum absolute atomic E-state index is 12.9. The maximum atomic E-state index is 12.9. The van der Waals surface area contributed by atoms with Crippen LogP contribution in [-0.2, 0) is 10.9 Å². The minimum absolute atomic E-state index is 0.0664. The zero-order valence-corrected chi connectivity index (χ0v) is 14.7. The number of alkyl halides is 3. The average Bonchev–Trinajstić information content (AvgIpc) is 3.21. The molecule has 2 heterocycles. The van der Waals surface area contributed by atoms with Gasteiger partial charge in [0.1, 0.15) is 12.4 Å². The lowest BCUT2D eigenvalue weighted by Crippen LogP contribution is -2.47. The molecular formula is C18H24F3N3O2. The number of fused-ring (bicyclic) bond motifs is 2. The summed E-state index contributed by atoms with van der Waals surface area (Å²) < 4.78 is 50.0. The quantitative estimate of drug-likeness (QED) is 0.459. The topological polar surface area (TPSA) is 54.9 Å². The van der Waals surface area contributed by atoms with Gasteiger partial charge in [-0.15, -0.1) is 0 Å². The number of nitrogens with one attached hydrogen (secondary N) is 2. The lowest BCUT2D eigenvalue weighted by Gasteiger charge is -2.22. The van der Waals surface area contributed by atoms with E-state index in [1.165, 1.54) is 18.2 Å². The molecule has 2 fully saturated rings. The molecular weight excluding hydrogens is 347 g/mol. The van der Waals surface area contributed by atoms with Gasteiger partial charge in [-0.25, -0.2) is 4.99 Å². The Morgan fingerprint density at radius 3 is 2.77 bits per heavy atom. The van der Waals surface area contributed by atoms with E-state index in [0.29, 0.717) is 18.6 Å². The molecule has 8 heteroatoms. The van der Waals surface area contributed by atoms with E-state index in [1.807, 2.05) is 6.92 Å². The minimum Gasteiger partial charge on any atom is -0.491 e. The second kappa shape index (κ2) is 8.16. The number of hydrogen-bond acceptors (Lipinski definition) is 3. The summed E-state index contributed by atoms with van der Waals surface area (Å²) in [7, 11) is 0. The number of hydrogen-bond donors (Lipinski definition) is 2. The normalized spacial score (nSPS) is 25.4. The second-order valence-electron chi connectivity index (χ2n) is 6.46. The van der Waals surface area contributed by atoms with Crippen LogP contribution in [0.4, 0.5) is 13.2 Å². The van der Waals surface area contributed by atoms with E-state index in [9.17, 15) is 13.2 Å². The summed E-state index contributed by atoms with van der Waals surface area (Å²) in [6.07, 6.45) is -0.744. The van der Waals surface area contributed by atoms with Crippen molar-refractivity contribution in [1.29, 1.82) is 0 Å². The summed E-state index contributed by atoms with van der Waals surface area (Å²) in [6.45, 7) is 2.98. The smallest absolute Gasteiger partial charge is 0.419 e. The summed E-state index contributed by atoms with van der Waals surface area (Å²) in [6, 6.07) is 5.44. The maximum Gasteiger partial charge on any atom is 0.419 e. The first-order valence-corrected chi connectivity index (χ1v) is 8.96. The number of nitrogens with zero attached hydrogens (tertiary/aromatic N) is 1. The van der Waals surface area contributed by atoms with Crippen molar-refractivity contribution in [3.63, 3.8) is 0 Å². The fourth-order valence-corrected chi connectivity index (χ4v) is 3.43. The molecule has 0 spiro atoms. The Hall–Kier alpha value is -1.96. The Morgan fingerprint density at radius 1 is 1.31 bits per heavy atom. The molecule has 144 valence electrons. The van der Waals surface area contributed by atoms with Crippen LogP contribution in [0.2, 0.25) is 0 Å². The summed E-state index contributed by atoms with van der Waals surface area (Å²) in [5.74, 6) is 0.469. The second-order valence-corrected chi connectivity index (χ2v) is 6.46. The molecule has 1 aromatic carbocycles. The lowest BCUT2D eigenvalue weighted by atomic mass is 9.96. The lowest BCUT2D eigenvalue weighted by molar-refractivity contribution is -0.138. The molecule has 3 atom stereocenters. The van der Waals surface area contributed by atoms with Crippen LogP contribution in [0.3, 0.4) is 0 Å². The van der Waals surface area contributed by atoms with E-state index in [-0.39, 0.29) is 31.0 Å². The third-order valence-corrected chi connectivity index (χ3v) is 4.58. The van der Waals surface area contributed by atoms with Gasteiger partial charge in [0.2, 0.25) is 0 Å². The third kappa shape index (κ3) is 4.60. The van der Waals surface area contributed by atoms with Crippen molar-refractivity contribution in [2.24, 2.45) is 4.99 Å². The number of benzene rings is 1. The Morgan fingerprint density at radius 2 is 2.12 bits per heavy atom. The molecule has 0 aliphatic carbocycles. The van der Waals surface area contributed by atoms with E-state index in [0.717, 1.165) is 25.3 Å². The van der Waals surface area contributed by atoms with E-state index < -0.39 is 11.7 Å². The van der Waals surface area contributed by atoms with Crippen LogP contribution < -0.4 is 15.4 Å². The van der Waals surface area contributed by atoms with Crippen molar-refractivity contribution >= 4 is 5.96 Å². The molecule has 0 amide bonds. The number of aliphatic imine (C=N–C) groups is 1. The van der Waals surface area contributed by atoms with Crippen LogP contribution in [0, 0.1) is 0 Å². The van der Waals surface area contributed by atoms with Crippen molar-refractivity contribution in [2.45, 2.75) is 50.6 Å². The van der Waals surface area contributed by atoms with Crippen LogP contribution in [0.1, 0.15) is 31.7 Å². The molecule has 2 aliphatic rings. The fraction of sp³-hybridized carbons (Fsp3) is 0.611. The van der Waals surface area contributed by atoms with Crippen molar-refractivity contribution in [3.05, 3.63) is 29.8 Å². The molecule has 0 aromatic heterocycles. The first kappa shape index (κ1) is 18.8. The van der Waals surface area contributed by atoms with Crippen LogP contribution in [-0.4, -0.2) is 43.9 Å². The van der Waals surface area contributed by atoms with Crippen LogP contribution in [0.5, 0.6) is 5.75 Å². The molecule has 1 aromatic rings. The zero-order valence-electron chi connectivity index (χ0n) is 14.7. The van der Waals surface area contributed by atoms with Gasteiger partial charge in [0.25, 0.3) is 0 Å².